The van der Waals surface area contributed by atoms with Crippen LogP contribution in [0.25, 0.3) is 5.65 Å². The molecule has 7 nitrogen and oxygen atoms in total. The van der Waals surface area contributed by atoms with E-state index in [0.29, 0.717) is 12.2 Å². The van der Waals surface area contributed by atoms with Crippen molar-refractivity contribution in [2.24, 2.45) is 0 Å². The number of hydrogen-bond donors (Lipinski definition) is 1. The first-order valence-electron chi connectivity index (χ1n) is 9.23. The standard InChI is InChI=1S/C18H25N5O2/c1-13-10-16-19-14(11-17(24)23(16)20-13)15-6-2-3-9-22(15)12-18(25)21-7-4-5-8-21/h10-11,15,20H,2-9,12H2,1H3/t15-/m0/s1. The molecule has 4 heterocycles. The summed E-state index contributed by atoms with van der Waals surface area (Å²) in [6, 6.07) is 3.55. The quantitative estimate of drug-likeness (QED) is 0.916. The van der Waals surface area contributed by atoms with Crippen molar-refractivity contribution in [3.63, 3.8) is 0 Å². The van der Waals surface area contributed by atoms with E-state index in [2.05, 4.69) is 10.00 Å². The first kappa shape index (κ1) is 16.3. The van der Waals surface area contributed by atoms with Crippen LogP contribution in [-0.2, 0) is 4.79 Å². The minimum atomic E-state index is -0.0931. The fourth-order valence-corrected chi connectivity index (χ4v) is 4.06. The number of aromatic nitrogens is 3. The Kier molecular flexibility index (Phi) is 4.33. The molecule has 2 aliphatic heterocycles. The number of likely N-dealkylation sites (tertiary alicyclic amines) is 2. The molecule has 2 aromatic heterocycles. The molecule has 0 aromatic carbocycles. The molecule has 1 amide bonds. The smallest absolute Gasteiger partial charge is 0.272 e. The number of H-pyrrole nitrogens is 1. The van der Waals surface area contributed by atoms with E-state index in [1.165, 1.54) is 4.52 Å². The van der Waals surface area contributed by atoms with Crippen LogP contribution in [0.5, 0.6) is 0 Å². The van der Waals surface area contributed by atoms with Gasteiger partial charge in [-0.3, -0.25) is 19.6 Å². The molecular weight excluding hydrogens is 318 g/mol. The van der Waals surface area contributed by atoms with Gasteiger partial charge in [-0.1, -0.05) is 6.42 Å². The number of carbonyl (C=O) groups is 1. The van der Waals surface area contributed by atoms with Gasteiger partial charge >= 0.3 is 0 Å². The van der Waals surface area contributed by atoms with Gasteiger partial charge in [0.1, 0.15) is 0 Å². The zero-order valence-electron chi connectivity index (χ0n) is 14.7. The van der Waals surface area contributed by atoms with Crippen molar-refractivity contribution in [2.75, 3.05) is 26.2 Å². The van der Waals surface area contributed by atoms with Gasteiger partial charge in [0.05, 0.1) is 18.3 Å². The van der Waals surface area contributed by atoms with Crippen LogP contribution in [0, 0.1) is 6.92 Å². The van der Waals surface area contributed by atoms with Gasteiger partial charge in [-0.05, 0) is 39.2 Å². The Bertz CT molecular complexity index is 834. The molecule has 1 N–H and O–H groups in total. The van der Waals surface area contributed by atoms with Gasteiger partial charge in [-0.2, -0.15) is 0 Å². The summed E-state index contributed by atoms with van der Waals surface area (Å²) in [7, 11) is 0. The van der Waals surface area contributed by atoms with Gasteiger partial charge in [0, 0.05) is 30.9 Å². The zero-order chi connectivity index (χ0) is 17.4. The summed E-state index contributed by atoms with van der Waals surface area (Å²) in [5, 5.41) is 3.00. The van der Waals surface area contributed by atoms with Crippen molar-refractivity contribution >= 4 is 11.6 Å². The number of nitrogens with one attached hydrogen (secondary N) is 1. The molecule has 0 saturated carbocycles. The van der Waals surface area contributed by atoms with Gasteiger partial charge in [0.2, 0.25) is 5.91 Å². The maximum atomic E-state index is 12.6. The van der Waals surface area contributed by atoms with Crippen LogP contribution in [0.15, 0.2) is 16.9 Å². The van der Waals surface area contributed by atoms with Crippen LogP contribution < -0.4 is 5.56 Å². The minimum Gasteiger partial charge on any atom is -0.342 e. The van der Waals surface area contributed by atoms with Crippen molar-refractivity contribution in [1.29, 1.82) is 0 Å². The number of aryl methyl sites for hydroxylation is 1. The Morgan fingerprint density at radius 3 is 2.76 bits per heavy atom. The molecule has 134 valence electrons. The highest BCUT2D eigenvalue weighted by molar-refractivity contribution is 5.78. The van der Waals surface area contributed by atoms with E-state index in [4.69, 9.17) is 4.98 Å². The van der Waals surface area contributed by atoms with Crippen molar-refractivity contribution in [3.05, 3.63) is 33.9 Å². The molecule has 2 aliphatic rings. The zero-order valence-corrected chi connectivity index (χ0v) is 14.7. The third-order valence-corrected chi connectivity index (χ3v) is 5.35. The molecule has 0 unspecified atom stereocenters. The second kappa shape index (κ2) is 6.63. The Balaban J connectivity index is 1.60. The van der Waals surface area contributed by atoms with Crippen LogP contribution in [-0.4, -0.2) is 56.5 Å². The summed E-state index contributed by atoms with van der Waals surface area (Å²) < 4.78 is 1.47. The summed E-state index contributed by atoms with van der Waals surface area (Å²) in [5.74, 6) is 0.208. The van der Waals surface area contributed by atoms with Crippen LogP contribution in [0.4, 0.5) is 0 Å². The predicted molar refractivity (Wildman–Crippen MR) is 94.5 cm³/mol. The largest absolute Gasteiger partial charge is 0.342 e. The molecule has 0 spiro atoms. The molecule has 0 aliphatic carbocycles. The van der Waals surface area contributed by atoms with Crippen molar-refractivity contribution in [1.82, 2.24) is 24.4 Å². The van der Waals surface area contributed by atoms with Crippen LogP contribution in [0.3, 0.4) is 0 Å². The van der Waals surface area contributed by atoms with Crippen molar-refractivity contribution in [3.8, 4) is 0 Å². The molecular formula is C18H25N5O2. The molecule has 2 saturated heterocycles. The van der Waals surface area contributed by atoms with Crippen LogP contribution >= 0.6 is 0 Å². The molecule has 0 bridgehead atoms. The summed E-state index contributed by atoms with van der Waals surface area (Å²) in [5.41, 5.74) is 2.25. The third kappa shape index (κ3) is 3.20. The highest BCUT2D eigenvalue weighted by atomic mass is 16.2. The number of fused-ring (bicyclic) bond motifs is 1. The maximum absolute atomic E-state index is 12.6. The molecule has 1 atom stereocenters. The minimum absolute atomic E-state index is 0.0493. The first-order chi connectivity index (χ1) is 12.1. The average Bonchev–Trinajstić information content (AvgIpc) is 3.24. The monoisotopic (exact) mass is 343 g/mol. The number of hydrogen-bond acceptors (Lipinski definition) is 4. The summed E-state index contributed by atoms with van der Waals surface area (Å²) in [4.78, 5) is 33.8. The number of nitrogens with zero attached hydrogens (tertiary/aromatic N) is 4. The molecule has 2 aromatic rings. The summed E-state index contributed by atoms with van der Waals surface area (Å²) in [6.07, 6.45) is 5.36. The lowest BCUT2D eigenvalue weighted by atomic mass is 9.99. The predicted octanol–water partition coefficient (Wildman–Crippen LogP) is 1.48. The van der Waals surface area contributed by atoms with E-state index in [1.807, 2.05) is 17.9 Å². The normalized spacial score (nSPS) is 22.0. The maximum Gasteiger partial charge on any atom is 0.272 e. The fourth-order valence-electron chi connectivity index (χ4n) is 4.06. The summed E-state index contributed by atoms with van der Waals surface area (Å²) >= 11 is 0. The number of amides is 1. The number of aromatic amines is 1. The molecule has 2 fully saturated rings. The highest BCUT2D eigenvalue weighted by Gasteiger charge is 2.29. The highest BCUT2D eigenvalue weighted by Crippen LogP contribution is 2.29. The first-order valence-corrected chi connectivity index (χ1v) is 9.23. The van der Waals surface area contributed by atoms with E-state index in [-0.39, 0.29) is 17.5 Å². The lowest BCUT2D eigenvalue weighted by Gasteiger charge is -2.35. The SMILES string of the molecule is Cc1cc2nc([C@@H]3CCCCN3CC(=O)N3CCCC3)cc(=O)n2[nH]1. The second-order valence-electron chi connectivity index (χ2n) is 7.22. The third-order valence-electron chi connectivity index (χ3n) is 5.35. The topological polar surface area (TPSA) is 73.7 Å². The molecule has 25 heavy (non-hydrogen) atoms. The van der Waals surface area contributed by atoms with E-state index in [1.54, 1.807) is 6.07 Å². The van der Waals surface area contributed by atoms with Gasteiger partial charge in [-0.15, -0.1) is 0 Å². The lowest BCUT2D eigenvalue weighted by Crippen LogP contribution is -2.43. The Labute approximate surface area is 146 Å². The van der Waals surface area contributed by atoms with Gasteiger partial charge in [0.25, 0.3) is 5.56 Å². The average molecular weight is 343 g/mol. The van der Waals surface area contributed by atoms with E-state index in [0.717, 1.165) is 63.1 Å². The second-order valence-corrected chi connectivity index (χ2v) is 7.22. The Morgan fingerprint density at radius 1 is 1.20 bits per heavy atom. The van der Waals surface area contributed by atoms with Crippen molar-refractivity contribution in [2.45, 2.75) is 45.1 Å². The van der Waals surface area contributed by atoms with Gasteiger partial charge < -0.3 is 4.90 Å². The van der Waals surface area contributed by atoms with Crippen molar-refractivity contribution < 1.29 is 4.79 Å². The van der Waals surface area contributed by atoms with E-state index in [9.17, 15) is 9.59 Å². The van der Waals surface area contributed by atoms with E-state index >= 15 is 0 Å². The lowest BCUT2D eigenvalue weighted by molar-refractivity contribution is -0.132. The summed E-state index contributed by atoms with van der Waals surface area (Å²) in [6.45, 7) is 4.99. The molecule has 0 radical (unpaired) electrons. The fraction of sp³-hybridized carbons (Fsp3) is 0.611. The Morgan fingerprint density at radius 2 is 1.96 bits per heavy atom. The number of rotatable bonds is 3. The molecule has 7 heteroatoms. The van der Waals surface area contributed by atoms with Gasteiger partial charge in [0.15, 0.2) is 5.65 Å². The number of carbonyl (C=O) groups excluding carboxylic acids is 1. The Hall–Kier alpha value is -2.15. The molecule has 4 rings (SSSR count). The van der Waals surface area contributed by atoms with Gasteiger partial charge in [-0.25, -0.2) is 9.50 Å². The van der Waals surface area contributed by atoms with Crippen LogP contribution in [0.1, 0.15) is 49.5 Å². The van der Waals surface area contributed by atoms with Crippen LogP contribution in [0.2, 0.25) is 0 Å². The number of piperidine rings is 1. The van der Waals surface area contributed by atoms with E-state index < -0.39 is 0 Å².